The molecule has 14 heavy (non-hydrogen) atoms. The second-order valence-corrected chi connectivity index (χ2v) is 3.15. The Morgan fingerprint density at radius 2 is 2.21 bits per heavy atom. The molecule has 0 aromatic carbocycles. The third-order valence-electron chi connectivity index (χ3n) is 2.18. The van der Waals surface area contributed by atoms with Crippen molar-refractivity contribution in [2.24, 2.45) is 0 Å². The van der Waals surface area contributed by atoms with Gasteiger partial charge in [0.1, 0.15) is 11.4 Å². The first-order chi connectivity index (χ1) is 6.68. The van der Waals surface area contributed by atoms with E-state index in [-0.39, 0.29) is 11.4 Å². The zero-order chi connectivity index (χ0) is 10.1. The second-order valence-electron chi connectivity index (χ2n) is 3.15. The fourth-order valence-corrected chi connectivity index (χ4v) is 1.32. The molecule has 1 saturated heterocycles. The van der Waals surface area contributed by atoms with Crippen LogP contribution >= 0.6 is 0 Å². The molecule has 0 radical (unpaired) electrons. The van der Waals surface area contributed by atoms with Crippen LogP contribution in [0, 0.1) is 0 Å². The van der Waals surface area contributed by atoms with Crippen LogP contribution in [-0.2, 0) is 0 Å². The number of aromatic nitrogens is 2. The first-order valence-electron chi connectivity index (χ1n) is 4.30. The predicted molar refractivity (Wildman–Crippen MR) is 50.2 cm³/mol. The van der Waals surface area contributed by atoms with E-state index >= 15 is 0 Å². The van der Waals surface area contributed by atoms with E-state index in [1.54, 1.807) is 0 Å². The monoisotopic (exact) mass is 194 g/mol. The van der Waals surface area contributed by atoms with Crippen molar-refractivity contribution in [3.63, 3.8) is 0 Å². The molecule has 0 unspecified atom stereocenters. The van der Waals surface area contributed by atoms with Crippen molar-refractivity contribution in [3.05, 3.63) is 11.6 Å². The molecule has 1 aromatic rings. The van der Waals surface area contributed by atoms with Crippen molar-refractivity contribution in [1.82, 2.24) is 10.2 Å². The molecule has 0 bridgehead atoms. The van der Waals surface area contributed by atoms with Crippen molar-refractivity contribution in [2.75, 3.05) is 23.7 Å². The van der Waals surface area contributed by atoms with Crippen LogP contribution in [0.25, 0.3) is 0 Å². The van der Waals surface area contributed by atoms with Gasteiger partial charge in [0.25, 0.3) is 0 Å². The SMILES string of the molecule is Nc1cc(C(=O)O)c(N2CCC2)nn1. The highest BCUT2D eigenvalue weighted by atomic mass is 16.4. The number of nitrogens with two attached hydrogens (primary N) is 1. The van der Waals surface area contributed by atoms with Gasteiger partial charge in [-0.1, -0.05) is 0 Å². The van der Waals surface area contributed by atoms with Crippen molar-refractivity contribution in [1.29, 1.82) is 0 Å². The maximum Gasteiger partial charge on any atom is 0.339 e. The minimum absolute atomic E-state index is 0.122. The van der Waals surface area contributed by atoms with Gasteiger partial charge in [-0.3, -0.25) is 0 Å². The van der Waals surface area contributed by atoms with Crippen LogP contribution in [0.5, 0.6) is 0 Å². The largest absolute Gasteiger partial charge is 0.478 e. The first-order valence-corrected chi connectivity index (χ1v) is 4.30. The molecule has 74 valence electrons. The number of hydrogen-bond donors (Lipinski definition) is 2. The van der Waals surface area contributed by atoms with E-state index < -0.39 is 5.97 Å². The summed E-state index contributed by atoms with van der Waals surface area (Å²) in [5, 5.41) is 16.3. The molecule has 1 fully saturated rings. The van der Waals surface area contributed by atoms with Gasteiger partial charge in [-0.15, -0.1) is 10.2 Å². The van der Waals surface area contributed by atoms with Gasteiger partial charge in [-0.25, -0.2) is 4.79 Å². The molecule has 1 aromatic heterocycles. The molecule has 0 atom stereocenters. The molecule has 2 heterocycles. The topological polar surface area (TPSA) is 92.3 Å². The summed E-state index contributed by atoms with van der Waals surface area (Å²) in [7, 11) is 0. The molecule has 6 heteroatoms. The van der Waals surface area contributed by atoms with E-state index in [1.165, 1.54) is 6.07 Å². The van der Waals surface area contributed by atoms with E-state index in [4.69, 9.17) is 10.8 Å². The Bertz CT molecular complexity index is 376. The molecule has 1 aliphatic heterocycles. The summed E-state index contributed by atoms with van der Waals surface area (Å²) in [5.41, 5.74) is 5.49. The minimum atomic E-state index is -1.02. The molecule has 0 saturated carbocycles. The van der Waals surface area contributed by atoms with E-state index in [2.05, 4.69) is 10.2 Å². The van der Waals surface area contributed by atoms with E-state index in [0.717, 1.165) is 19.5 Å². The number of aromatic carboxylic acids is 1. The van der Waals surface area contributed by atoms with Gasteiger partial charge in [-0.2, -0.15) is 0 Å². The van der Waals surface area contributed by atoms with E-state index in [0.29, 0.717) is 5.82 Å². The zero-order valence-corrected chi connectivity index (χ0v) is 7.47. The lowest BCUT2D eigenvalue weighted by molar-refractivity contribution is 0.0697. The molecule has 0 amide bonds. The average molecular weight is 194 g/mol. The van der Waals surface area contributed by atoms with Gasteiger partial charge in [0, 0.05) is 19.2 Å². The number of nitrogens with zero attached hydrogens (tertiary/aromatic N) is 3. The quantitative estimate of drug-likeness (QED) is 0.686. The maximum absolute atomic E-state index is 10.9. The van der Waals surface area contributed by atoms with Crippen LogP contribution in [0.2, 0.25) is 0 Å². The Morgan fingerprint density at radius 1 is 1.50 bits per heavy atom. The molecule has 0 aliphatic carbocycles. The van der Waals surface area contributed by atoms with Crippen LogP contribution in [0.1, 0.15) is 16.8 Å². The van der Waals surface area contributed by atoms with Crippen LogP contribution in [0.4, 0.5) is 11.6 Å². The lowest BCUT2D eigenvalue weighted by Crippen LogP contribution is -2.39. The normalized spacial score (nSPS) is 15.0. The second kappa shape index (κ2) is 3.13. The Kier molecular flexibility index (Phi) is 1.95. The average Bonchev–Trinajstić information content (AvgIpc) is 2.04. The molecule has 6 nitrogen and oxygen atoms in total. The lowest BCUT2D eigenvalue weighted by Gasteiger charge is -2.32. The smallest absolute Gasteiger partial charge is 0.339 e. The molecular weight excluding hydrogens is 184 g/mol. The first kappa shape index (κ1) is 8.74. The highest BCUT2D eigenvalue weighted by Crippen LogP contribution is 2.22. The fraction of sp³-hybridized carbons (Fsp3) is 0.375. The molecular formula is C8H10N4O2. The Morgan fingerprint density at radius 3 is 2.71 bits per heavy atom. The Balaban J connectivity index is 2.41. The zero-order valence-electron chi connectivity index (χ0n) is 7.47. The number of anilines is 2. The number of nitrogen functional groups attached to an aromatic ring is 1. The van der Waals surface area contributed by atoms with Crippen LogP contribution in [0.3, 0.4) is 0 Å². The Hall–Kier alpha value is -1.85. The molecule has 2 rings (SSSR count). The molecule has 3 N–H and O–H groups in total. The lowest BCUT2D eigenvalue weighted by atomic mass is 10.2. The summed E-state index contributed by atoms with van der Waals surface area (Å²) in [6.45, 7) is 1.66. The highest BCUT2D eigenvalue weighted by molar-refractivity contribution is 5.94. The fourth-order valence-electron chi connectivity index (χ4n) is 1.32. The van der Waals surface area contributed by atoms with Gasteiger partial charge in [-0.05, 0) is 6.42 Å². The van der Waals surface area contributed by atoms with Crippen molar-refractivity contribution in [3.8, 4) is 0 Å². The number of carbonyl (C=O) groups is 1. The van der Waals surface area contributed by atoms with Crippen molar-refractivity contribution in [2.45, 2.75) is 6.42 Å². The number of carboxylic acids is 1. The van der Waals surface area contributed by atoms with E-state index in [9.17, 15) is 4.79 Å². The summed E-state index contributed by atoms with van der Waals surface area (Å²) in [6, 6.07) is 1.34. The van der Waals surface area contributed by atoms with E-state index in [1.807, 2.05) is 4.90 Å². The summed E-state index contributed by atoms with van der Waals surface area (Å²) < 4.78 is 0. The van der Waals surface area contributed by atoms with Gasteiger partial charge in [0.05, 0.1) is 0 Å². The van der Waals surface area contributed by atoms with Crippen LogP contribution < -0.4 is 10.6 Å². The standard InChI is InChI=1S/C8H10N4O2/c9-6-4-5(8(13)14)7(11-10-6)12-2-1-3-12/h4H,1-3H2,(H2,9,10)(H,13,14). The van der Waals surface area contributed by atoms with Crippen molar-refractivity contribution < 1.29 is 9.90 Å². The van der Waals surface area contributed by atoms with Crippen LogP contribution in [0.15, 0.2) is 6.07 Å². The predicted octanol–water partition coefficient (Wildman–Crippen LogP) is -0.0329. The maximum atomic E-state index is 10.9. The van der Waals surface area contributed by atoms with Crippen LogP contribution in [-0.4, -0.2) is 34.4 Å². The molecule has 0 spiro atoms. The number of rotatable bonds is 2. The number of carboxylic acid groups (broad SMARTS) is 1. The van der Waals surface area contributed by atoms with Gasteiger partial charge < -0.3 is 15.7 Å². The van der Waals surface area contributed by atoms with Crippen molar-refractivity contribution >= 4 is 17.6 Å². The third-order valence-corrected chi connectivity index (χ3v) is 2.18. The summed E-state index contributed by atoms with van der Waals surface area (Å²) in [5.74, 6) is -0.474. The number of hydrogen-bond acceptors (Lipinski definition) is 5. The summed E-state index contributed by atoms with van der Waals surface area (Å²) >= 11 is 0. The summed E-state index contributed by atoms with van der Waals surface area (Å²) in [6.07, 6.45) is 1.06. The highest BCUT2D eigenvalue weighted by Gasteiger charge is 2.23. The Labute approximate surface area is 80.3 Å². The van der Waals surface area contributed by atoms with Gasteiger partial charge >= 0.3 is 5.97 Å². The third kappa shape index (κ3) is 1.34. The van der Waals surface area contributed by atoms with Gasteiger partial charge in [0.2, 0.25) is 0 Å². The summed E-state index contributed by atoms with van der Waals surface area (Å²) in [4.78, 5) is 12.7. The van der Waals surface area contributed by atoms with Gasteiger partial charge in [0.15, 0.2) is 5.82 Å². The minimum Gasteiger partial charge on any atom is -0.478 e. The molecule has 1 aliphatic rings.